The van der Waals surface area contributed by atoms with Crippen molar-refractivity contribution in [3.63, 3.8) is 0 Å². The molecule has 0 aliphatic rings. The monoisotopic (exact) mass is 311 g/mol. The van der Waals surface area contributed by atoms with Gasteiger partial charge in [0.25, 0.3) is 0 Å². The zero-order valence-electron chi connectivity index (χ0n) is 11.2. The van der Waals surface area contributed by atoms with Gasteiger partial charge in [-0.15, -0.1) is 32.2 Å². The second-order valence-corrected chi connectivity index (χ2v) is 4.22. The molecule has 3 nitrogen and oxygen atoms in total. The van der Waals surface area contributed by atoms with E-state index in [0.717, 1.165) is 5.57 Å². The van der Waals surface area contributed by atoms with Crippen LogP contribution in [-0.2, 0) is 0 Å². The average Bonchev–Trinajstić information content (AvgIpc) is 2.25. The molecule has 0 aliphatic carbocycles. The van der Waals surface area contributed by atoms with E-state index in [1.54, 1.807) is 6.92 Å². The van der Waals surface area contributed by atoms with Gasteiger partial charge >= 0.3 is 6.36 Å². The lowest BCUT2D eigenvalue weighted by atomic mass is 10.00. The van der Waals surface area contributed by atoms with Crippen molar-refractivity contribution in [3.05, 3.63) is 35.9 Å². The maximum absolute atomic E-state index is 12.2. The van der Waals surface area contributed by atoms with Crippen LogP contribution in [0.5, 0.6) is 11.5 Å². The van der Waals surface area contributed by atoms with Crippen molar-refractivity contribution in [2.75, 3.05) is 7.11 Å². The molecule has 0 aromatic heterocycles. The van der Waals surface area contributed by atoms with Gasteiger partial charge in [-0.25, -0.2) is 0 Å². The third-order valence-corrected chi connectivity index (χ3v) is 2.40. The molecule has 0 spiro atoms. The van der Waals surface area contributed by atoms with E-state index >= 15 is 0 Å². The fraction of sp³-hybridized carbons (Fsp3) is 0.385. The highest BCUT2D eigenvalue weighted by Gasteiger charge is 2.31. The van der Waals surface area contributed by atoms with E-state index in [0.29, 0.717) is 17.7 Å². The zero-order valence-corrected chi connectivity index (χ0v) is 12.0. The van der Waals surface area contributed by atoms with Crippen molar-refractivity contribution < 1.29 is 22.6 Å². The molecule has 7 heteroatoms. The fourth-order valence-corrected chi connectivity index (χ4v) is 1.68. The first-order chi connectivity index (χ1) is 8.73. The summed E-state index contributed by atoms with van der Waals surface area (Å²) in [6.07, 6.45) is -4.28. The first-order valence-electron chi connectivity index (χ1n) is 5.56. The van der Waals surface area contributed by atoms with Crippen molar-refractivity contribution in [2.45, 2.75) is 25.7 Å². The lowest BCUT2D eigenvalue weighted by Crippen LogP contribution is -2.18. The minimum Gasteiger partial charge on any atom is -0.496 e. The molecule has 0 amide bonds. The molecule has 0 saturated carbocycles. The lowest BCUT2D eigenvalue weighted by Gasteiger charge is -2.17. The number of hydrogen-bond donors (Lipinski definition) is 1. The van der Waals surface area contributed by atoms with Crippen LogP contribution in [0.3, 0.4) is 0 Å². The predicted molar refractivity (Wildman–Crippen MR) is 73.3 cm³/mol. The molecular weight excluding hydrogens is 295 g/mol. The maximum atomic E-state index is 12.2. The van der Waals surface area contributed by atoms with E-state index in [4.69, 9.17) is 10.5 Å². The van der Waals surface area contributed by atoms with Gasteiger partial charge in [0.05, 0.1) is 7.11 Å². The minimum atomic E-state index is -4.73. The summed E-state index contributed by atoms with van der Waals surface area (Å²) in [4.78, 5) is 0. The molecule has 1 rings (SSSR count). The van der Waals surface area contributed by atoms with Crippen LogP contribution in [0.1, 0.15) is 24.9 Å². The zero-order chi connectivity index (χ0) is 14.6. The molecule has 1 aromatic carbocycles. The van der Waals surface area contributed by atoms with E-state index in [-0.39, 0.29) is 18.2 Å². The Balaban J connectivity index is 0.00000361. The topological polar surface area (TPSA) is 44.5 Å². The summed E-state index contributed by atoms with van der Waals surface area (Å²) in [5, 5.41) is 0. The number of ether oxygens (including phenoxy) is 2. The molecule has 1 aromatic rings. The van der Waals surface area contributed by atoms with Gasteiger partial charge in [0.1, 0.15) is 11.5 Å². The largest absolute Gasteiger partial charge is 0.573 e. The van der Waals surface area contributed by atoms with Gasteiger partial charge in [0.2, 0.25) is 0 Å². The lowest BCUT2D eigenvalue weighted by molar-refractivity contribution is -0.274. The highest BCUT2D eigenvalue weighted by Crippen LogP contribution is 2.33. The number of nitrogens with two attached hydrogens (primary N) is 1. The summed E-state index contributed by atoms with van der Waals surface area (Å²) in [6.45, 7) is 5.52. The van der Waals surface area contributed by atoms with Crippen molar-refractivity contribution in [1.82, 2.24) is 0 Å². The molecule has 0 unspecified atom stereocenters. The van der Waals surface area contributed by atoms with Crippen LogP contribution in [-0.4, -0.2) is 13.5 Å². The van der Waals surface area contributed by atoms with E-state index < -0.39 is 12.4 Å². The van der Waals surface area contributed by atoms with Gasteiger partial charge < -0.3 is 15.2 Å². The number of benzene rings is 1. The number of rotatable bonds is 5. The molecular formula is C13H17ClF3NO2. The van der Waals surface area contributed by atoms with Crippen LogP contribution >= 0.6 is 12.4 Å². The van der Waals surface area contributed by atoms with E-state index in [1.807, 2.05) is 0 Å². The Morgan fingerprint density at radius 2 is 2.00 bits per heavy atom. The van der Waals surface area contributed by atoms with Gasteiger partial charge in [-0.1, -0.05) is 5.57 Å². The van der Waals surface area contributed by atoms with Crippen molar-refractivity contribution in [1.29, 1.82) is 0 Å². The molecule has 0 radical (unpaired) electrons. The highest BCUT2D eigenvalue weighted by atomic mass is 35.5. The van der Waals surface area contributed by atoms with Gasteiger partial charge in [-0.2, -0.15) is 0 Å². The second kappa shape index (κ2) is 7.40. The van der Waals surface area contributed by atoms with Crippen LogP contribution in [0.15, 0.2) is 30.4 Å². The Kier molecular flexibility index (Phi) is 6.88. The van der Waals surface area contributed by atoms with E-state index in [1.165, 1.54) is 25.3 Å². The first kappa shape index (κ1) is 18.6. The summed E-state index contributed by atoms with van der Waals surface area (Å²) < 4.78 is 45.5. The Bertz CT molecular complexity index is 463. The third kappa shape index (κ3) is 5.71. The molecule has 0 heterocycles. The maximum Gasteiger partial charge on any atom is 0.573 e. The molecule has 114 valence electrons. The number of alkyl halides is 3. The average molecular weight is 312 g/mol. The molecule has 0 saturated heterocycles. The summed E-state index contributed by atoms with van der Waals surface area (Å²) in [5.74, 6) is 0.101. The predicted octanol–water partition coefficient (Wildman–Crippen LogP) is 3.98. The quantitative estimate of drug-likeness (QED) is 0.836. The summed E-state index contributed by atoms with van der Waals surface area (Å²) >= 11 is 0. The molecule has 0 aliphatic heterocycles. The molecule has 2 N–H and O–H groups in total. The Morgan fingerprint density at radius 1 is 1.40 bits per heavy atom. The highest BCUT2D eigenvalue weighted by molar-refractivity contribution is 5.85. The number of methoxy groups -OCH3 is 1. The third-order valence-electron chi connectivity index (χ3n) is 2.40. The Morgan fingerprint density at radius 3 is 2.45 bits per heavy atom. The summed E-state index contributed by atoms with van der Waals surface area (Å²) in [5.41, 5.74) is 7.21. The van der Waals surface area contributed by atoms with E-state index in [9.17, 15) is 13.2 Å². The van der Waals surface area contributed by atoms with Crippen LogP contribution < -0.4 is 15.2 Å². The van der Waals surface area contributed by atoms with Gasteiger partial charge in [-0.05, 0) is 31.5 Å². The molecule has 0 bridgehead atoms. The van der Waals surface area contributed by atoms with Crippen molar-refractivity contribution in [2.24, 2.45) is 5.73 Å². The van der Waals surface area contributed by atoms with Crippen LogP contribution in [0, 0.1) is 0 Å². The van der Waals surface area contributed by atoms with Gasteiger partial charge in [0, 0.05) is 11.6 Å². The Hall–Kier alpha value is -1.40. The summed E-state index contributed by atoms with van der Waals surface area (Å²) in [6, 6.07) is 3.32. The standard InChI is InChI=1S/C13H16F3NO2.ClH/c1-8(2)6-11(17)10-7-9(19-13(14,15)16)4-5-12(10)18-3;/h4-5,7,11H,1,6,17H2,2-3H3;1H/t11-;/m0./s1. The smallest absolute Gasteiger partial charge is 0.496 e. The molecule has 0 fully saturated rings. The first-order valence-corrected chi connectivity index (χ1v) is 5.56. The van der Waals surface area contributed by atoms with Gasteiger partial charge in [0.15, 0.2) is 0 Å². The molecule has 1 atom stereocenters. The van der Waals surface area contributed by atoms with Crippen LogP contribution in [0.4, 0.5) is 13.2 Å². The van der Waals surface area contributed by atoms with Gasteiger partial charge in [-0.3, -0.25) is 0 Å². The van der Waals surface area contributed by atoms with Crippen LogP contribution in [0.2, 0.25) is 0 Å². The normalized spacial score (nSPS) is 12.3. The second-order valence-electron chi connectivity index (χ2n) is 4.22. The Labute approximate surface area is 122 Å². The summed E-state index contributed by atoms with van der Waals surface area (Å²) in [7, 11) is 1.43. The van der Waals surface area contributed by atoms with Crippen LogP contribution in [0.25, 0.3) is 0 Å². The van der Waals surface area contributed by atoms with E-state index in [2.05, 4.69) is 11.3 Å². The fourth-order valence-electron chi connectivity index (χ4n) is 1.68. The van der Waals surface area contributed by atoms with Crippen molar-refractivity contribution in [3.8, 4) is 11.5 Å². The van der Waals surface area contributed by atoms with Crippen molar-refractivity contribution >= 4 is 12.4 Å². The number of hydrogen-bond acceptors (Lipinski definition) is 3. The minimum absolute atomic E-state index is 0. The number of halogens is 4. The molecule has 20 heavy (non-hydrogen) atoms. The SMILES string of the molecule is C=C(C)C[C@H](N)c1cc(OC(F)(F)F)ccc1OC.Cl.